The predicted molar refractivity (Wildman–Crippen MR) is 137 cm³/mol. The van der Waals surface area contributed by atoms with Crippen LogP contribution in [0.5, 0.6) is 5.75 Å². The molecular formula is C25H13F5N2O6S3. The Labute approximate surface area is 234 Å². The summed E-state index contributed by atoms with van der Waals surface area (Å²) >= 11 is 0.976. The van der Waals surface area contributed by atoms with Crippen LogP contribution in [0, 0.1) is 47.3 Å². The van der Waals surface area contributed by atoms with Crippen LogP contribution in [0.2, 0.25) is 0 Å². The van der Waals surface area contributed by atoms with E-state index < -0.39 is 64.9 Å². The van der Waals surface area contributed by atoms with Gasteiger partial charge in [0, 0.05) is 4.91 Å². The van der Waals surface area contributed by atoms with E-state index in [4.69, 9.17) is 0 Å². The molecule has 0 aliphatic carbocycles. The third kappa shape index (κ3) is 5.97. The first-order valence-electron chi connectivity index (χ1n) is 10.9. The molecule has 0 saturated carbocycles. The molecule has 3 aromatic carbocycles. The molecular weight excluding hydrogens is 615 g/mol. The van der Waals surface area contributed by atoms with Crippen molar-refractivity contribution < 1.29 is 47.3 Å². The lowest BCUT2D eigenvalue weighted by molar-refractivity contribution is 0.340. The van der Waals surface area contributed by atoms with Crippen LogP contribution in [-0.2, 0) is 24.5 Å². The van der Waals surface area contributed by atoms with Crippen LogP contribution >= 0.6 is 11.8 Å². The summed E-state index contributed by atoms with van der Waals surface area (Å²) in [5.41, 5.74) is 1.87. The molecule has 1 aliphatic rings. The molecule has 0 spiro atoms. The van der Waals surface area contributed by atoms with Crippen molar-refractivity contribution in [1.29, 1.82) is 5.26 Å². The Bertz CT molecular complexity index is 1890. The van der Waals surface area contributed by atoms with Crippen molar-refractivity contribution in [2.24, 2.45) is 5.16 Å². The van der Waals surface area contributed by atoms with Crippen molar-refractivity contribution in [3.05, 3.63) is 106 Å². The van der Waals surface area contributed by atoms with Crippen LogP contribution in [-0.4, -0.2) is 21.9 Å². The fourth-order valence-corrected chi connectivity index (χ4v) is 6.05. The average Bonchev–Trinajstić information content (AvgIpc) is 3.40. The number of aryl methyl sites for hydroxylation is 1. The first-order valence-corrected chi connectivity index (χ1v) is 14.5. The maximum atomic E-state index is 13.9. The second kappa shape index (κ2) is 11.4. The van der Waals surface area contributed by atoms with E-state index in [1.54, 1.807) is 18.2 Å². The third-order valence-electron chi connectivity index (χ3n) is 5.33. The molecule has 0 amide bonds. The highest BCUT2D eigenvalue weighted by atomic mass is 32.2. The maximum absolute atomic E-state index is 13.9. The zero-order valence-electron chi connectivity index (χ0n) is 20.2. The van der Waals surface area contributed by atoms with Gasteiger partial charge < -0.3 is 4.18 Å². The standard InChI is InChI=1S/C25H13F5N2O6S3/c1-13-4-2-3-5-16(13)17(12-31)18-10-11-19(39-18)32-38-40(33,34)15-8-6-14(7-9-15)37-41(35,36)25-23(29)21(27)20(26)22(28)24(25)30/h2-11H,1H3/b18-17-,32-19?. The monoisotopic (exact) mass is 628 g/mol. The smallest absolute Gasteiger partial charge is 0.358 e. The molecule has 212 valence electrons. The lowest BCUT2D eigenvalue weighted by Gasteiger charge is -2.10. The summed E-state index contributed by atoms with van der Waals surface area (Å²) in [6, 6.07) is 12.3. The van der Waals surface area contributed by atoms with Crippen molar-refractivity contribution >= 4 is 42.6 Å². The molecule has 1 aliphatic heterocycles. The quantitative estimate of drug-likeness (QED) is 0.0814. The van der Waals surface area contributed by atoms with Crippen LogP contribution in [0.1, 0.15) is 11.1 Å². The van der Waals surface area contributed by atoms with E-state index in [0.29, 0.717) is 16.0 Å². The van der Waals surface area contributed by atoms with Gasteiger partial charge in [-0.05, 0) is 54.5 Å². The van der Waals surface area contributed by atoms with Gasteiger partial charge in [0.15, 0.2) is 28.2 Å². The molecule has 0 N–H and O–H groups in total. The van der Waals surface area contributed by atoms with E-state index in [2.05, 4.69) is 19.7 Å². The molecule has 3 aromatic rings. The molecule has 1 heterocycles. The summed E-state index contributed by atoms with van der Waals surface area (Å²) in [5.74, 6) is -13.5. The Kier molecular flexibility index (Phi) is 8.24. The molecule has 4 rings (SSSR count). The first-order chi connectivity index (χ1) is 19.3. The van der Waals surface area contributed by atoms with E-state index in [1.165, 1.54) is 6.08 Å². The molecule has 0 aromatic heterocycles. The topological polar surface area (TPSA) is 123 Å². The van der Waals surface area contributed by atoms with Crippen molar-refractivity contribution in [2.75, 3.05) is 0 Å². The summed E-state index contributed by atoms with van der Waals surface area (Å²) < 4.78 is 127. The summed E-state index contributed by atoms with van der Waals surface area (Å²) in [7, 11) is -10.2. The summed E-state index contributed by atoms with van der Waals surface area (Å²) in [5, 5.41) is 13.3. The molecule has 41 heavy (non-hydrogen) atoms. The van der Waals surface area contributed by atoms with Crippen molar-refractivity contribution in [3.63, 3.8) is 0 Å². The van der Waals surface area contributed by atoms with Gasteiger partial charge in [0.2, 0.25) is 5.82 Å². The van der Waals surface area contributed by atoms with Crippen LogP contribution in [0.15, 0.2) is 80.5 Å². The number of hydrogen-bond donors (Lipinski definition) is 0. The Balaban J connectivity index is 1.51. The zero-order valence-corrected chi connectivity index (χ0v) is 22.7. The highest BCUT2D eigenvalue weighted by Gasteiger charge is 2.35. The van der Waals surface area contributed by atoms with Gasteiger partial charge in [-0.1, -0.05) is 41.2 Å². The maximum Gasteiger partial charge on any atom is 0.358 e. The van der Waals surface area contributed by atoms with Gasteiger partial charge >= 0.3 is 20.2 Å². The van der Waals surface area contributed by atoms with E-state index in [0.717, 1.165) is 41.6 Å². The normalized spacial score (nSPS) is 15.6. The fourth-order valence-electron chi connectivity index (χ4n) is 3.38. The molecule has 0 saturated heterocycles. The highest BCUT2D eigenvalue weighted by Crippen LogP contribution is 2.35. The number of hydrogen-bond acceptors (Lipinski definition) is 9. The van der Waals surface area contributed by atoms with Gasteiger partial charge in [-0.25, -0.2) is 22.0 Å². The first kappa shape index (κ1) is 29.8. The number of rotatable bonds is 7. The van der Waals surface area contributed by atoms with Crippen molar-refractivity contribution in [3.8, 4) is 11.8 Å². The number of nitrogens with zero attached hydrogens (tertiary/aromatic N) is 2. The van der Waals surface area contributed by atoms with Gasteiger partial charge in [0.05, 0.1) is 5.57 Å². The van der Waals surface area contributed by atoms with E-state index in [-0.39, 0.29) is 5.04 Å². The Morgan fingerprint density at radius 3 is 2.00 bits per heavy atom. The molecule has 0 unspecified atom stereocenters. The molecule has 0 atom stereocenters. The van der Waals surface area contributed by atoms with Crippen LogP contribution in [0.4, 0.5) is 22.0 Å². The zero-order chi connectivity index (χ0) is 30.1. The van der Waals surface area contributed by atoms with Crippen LogP contribution in [0.3, 0.4) is 0 Å². The number of thioether (sulfide) groups is 1. The predicted octanol–water partition coefficient (Wildman–Crippen LogP) is 5.71. The molecule has 0 bridgehead atoms. The third-order valence-corrected chi connectivity index (χ3v) is 8.70. The number of oxime groups is 1. The number of benzene rings is 3. The Morgan fingerprint density at radius 2 is 1.41 bits per heavy atom. The Morgan fingerprint density at radius 1 is 0.829 bits per heavy atom. The summed E-state index contributed by atoms with van der Waals surface area (Å²) in [4.78, 5) is -2.27. The van der Waals surface area contributed by atoms with E-state index in [9.17, 15) is 44.0 Å². The van der Waals surface area contributed by atoms with Gasteiger partial charge in [-0.15, -0.1) is 0 Å². The molecule has 0 radical (unpaired) electrons. The second-order valence-electron chi connectivity index (χ2n) is 7.97. The molecule has 0 fully saturated rings. The van der Waals surface area contributed by atoms with Crippen LogP contribution < -0.4 is 4.18 Å². The summed E-state index contributed by atoms with van der Waals surface area (Å²) in [6.45, 7) is 1.83. The number of halogens is 5. The van der Waals surface area contributed by atoms with E-state index >= 15 is 0 Å². The van der Waals surface area contributed by atoms with Crippen LogP contribution in [0.25, 0.3) is 5.57 Å². The average molecular weight is 629 g/mol. The molecule has 8 nitrogen and oxygen atoms in total. The fraction of sp³-hybridized carbons (Fsp3) is 0.0400. The number of nitriles is 1. The van der Waals surface area contributed by atoms with Gasteiger partial charge in [-0.2, -0.15) is 22.1 Å². The lowest BCUT2D eigenvalue weighted by Crippen LogP contribution is -2.17. The number of allylic oxidation sites excluding steroid dienone is 2. The van der Waals surface area contributed by atoms with Gasteiger partial charge in [-0.3, -0.25) is 4.28 Å². The highest BCUT2D eigenvalue weighted by molar-refractivity contribution is 8.18. The van der Waals surface area contributed by atoms with Gasteiger partial charge in [0.1, 0.15) is 21.8 Å². The second-order valence-corrected chi connectivity index (χ2v) is 12.0. The minimum absolute atomic E-state index is 0.0961. The van der Waals surface area contributed by atoms with E-state index in [1.807, 2.05) is 19.1 Å². The minimum atomic E-state index is -5.58. The molecule has 16 heteroatoms. The summed E-state index contributed by atoms with van der Waals surface area (Å²) in [6.07, 6.45) is 2.98. The van der Waals surface area contributed by atoms with Crippen molar-refractivity contribution in [2.45, 2.75) is 16.7 Å². The minimum Gasteiger partial charge on any atom is -0.379 e. The lowest BCUT2D eigenvalue weighted by atomic mass is 10.0. The van der Waals surface area contributed by atoms with Crippen molar-refractivity contribution in [1.82, 2.24) is 0 Å². The SMILES string of the molecule is Cc1ccccc1/C(C#N)=C1/C=CC(=NOS(=O)(=O)c2ccc(OS(=O)(=O)c3c(F)c(F)c(F)c(F)c3F)cc2)S1. The van der Waals surface area contributed by atoms with Gasteiger partial charge in [0.25, 0.3) is 0 Å². The largest absolute Gasteiger partial charge is 0.379 e. The Hall–Kier alpha value is -4.20.